The molecule has 1 N–H and O–H groups in total. The number of rotatable bonds is 4. The molecular weight excluding hydrogens is 258 g/mol. The number of nitrogens with zero attached hydrogens (tertiary/aromatic N) is 3. The summed E-state index contributed by atoms with van der Waals surface area (Å²) in [4.78, 5) is 15.5. The first kappa shape index (κ1) is 12.4. The van der Waals surface area contributed by atoms with Gasteiger partial charge in [0.2, 0.25) is 5.89 Å². The number of carboxylic acids is 1. The summed E-state index contributed by atoms with van der Waals surface area (Å²) in [5, 5.41) is 13.8. The van der Waals surface area contributed by atoms with Crippen molar-refractivity contribution in [3.05, 3.63) is 47.7 Å². The number of para-hydroxylation sites is 1. The molecule has 0 aliphatic rings. The van der Waals surface area contributed by atoms with Crippen LogP contribution in [-0.2, 0) is 13.0 Å². The number of aryl methyl sites for hydroxylation is 1. The minimum atomic E-state index is -0.942. The lowest BCUT2D eigenvalue weighted by molar-refractivity contribution is 0.0699. The highest BCUT2D eigenvalue weighted by Gasteiger charge is 2.15. The van der Waals surface area contributed by atoms with Crippen LogP contribution < -0.4 is 0 Å². The van der Waals surface area contributed by atoms with Gasteiger partial charge in [-0.15, -0.1) is 0 Å². The van der Waals surface area contributed by atoms with Crippen molar-refractivity contribution in [1.82, 2.24) is 14.7 Å². The Morgan fingerprint density at radius 3 is 2.90 bits per heavy atom. The molecule has 3 aromatic rings. The van der Waals surface area contributed by atoms with Crippen LogP contribution >= 0.6 is 0 Å². The summed E-state index contributed by atoms with van der Waals surface area (Å²) >= 11 is 0. The summed E-state index contributed by atoms with van der Waals surface area (Å²) in [6.45, 7) is 2.32. The molecule has 0 fully saturated rings. The number of aromatic carboxylic acids is 1. The van der Waals surface area contributed by atoms with Crippen molar-refractivity contribution in [2.24, 2.45) is 0 Å². The normalized spacial score (nSPS) is 11.1. The SMILES string of the molecule is CCc1nc(Cn2cc(C(=O)O)c3ccccc32)no1. The highest BCUT2D eigenvalue weighted by atomic mass is 16.5. The second kappa shape index (κ2) is 4.80. The van der Waals surface area contributed by atoms with Gasteiger partial charge in [-0.05, 0) is 6.07 Å². The zero-order valence-corrected chi connectivity index (χ0v) is 10.9. The number of carbonyl (C=O) groups is 1. The van der Waals surface area contributed by atoms with E-state index in [1.165, 1.54) is 0 Å². The van der Waals surface area contributed by atoms with E-state index in [0.717, 1.165) is 5.52 Å². The van der Waals surface area contributed by atoms with Crippen molar-refractivity contribution in [3.63, 3.8) is 0 Å². The van der Waals surface area contributed by atoms with Crippen LogP contribution in [0.2, 0.25) is 0 Å². The standard InChI is InChI=1S/C14H13N3O3/c1-2-13-15-12(16-20-13)8-17-7-10(14(18)19)9-5-3-4-6-11(9)17/h3-7H,2,8H2,1H3,(H,18,19). The van der Waals surface area contributed by atoms with Crippen molar-refractivity contribution in [2.45, 2.75) is 19.9 Å². The topological polar surface area (TPSA) is 81.2 Å². The van der Waals surface area contributed by atoms with Crippen LogP contribution in [0.4, 0.5) is 0 Å². The molecule has 2 heterocycles. The molecule has 3 rings (SSSR count). The fourth-order valence-corrected chi connectivity index (χ4v) is 2.20. The summed E-state index contributed by atoms with van der Waals surface area (Å²) < 4.78 is 6.88. The number of hydrogen-bond donors (Lipinski definition) is 1. The fourth-order valence-electron chi connectivity index (χ4n) is 2.20. The van der Waals surface area contributed by atoms with Gasteiger partial charge in [-0.3, -0.25) is 0 Å². The van der Waals surface area contributed by atoms with E-state index in [0.29, 0.717) is 30.1 Å². The first-order valence-electron chi connectivity index (χ1n) is 6.31. The van der Waals surface area contributed by atoms with E-state index in [-0.39, 0.29) is 5.56 Å². The summed E-state index contributed by atoms with van der Waals surface area (Å²) in [5.41, 5.74) is 1.12. The average Bonchev–Trinajstić information content (AvgIpc) is 3.04. The molecule has 1 aromatic carbocycles. The van der Waals surface area contributed by atoms with E-state index in [9.17, 15) is 9.90 Å². The van der Waals surface area contributed by atoms with Crippen molar-refractivity contribution in [3.8, 4) is 0 Å². The molecule has 0 atom stereocenters. The molecule has 2 aromatic heterocycles. The van der Waals surface area contributed by atoms with Gasteiger partial charge in [0.25, 0.3) is 0 Å². The van der Waals surface area contributed by atoms with Crippen LogP contribution in [0.5, 0.6) is 0 Å². The van der Waals surface area contributed by atoms with E-state index in [4.69, 9.17) is 4.52 Å². The fraction of sp³-hybridized carbons (Fsp3) is 0.214. The van der Waals surface area contributed by atoms with Crippen LogP contribution in [0, 0.1) is 0 Å². The van der Waals surface area contributed by atoms with Gasteiger partial charge in [0, 0.05) is 23.5 Å². The first-order chi connectivity index (χ1) is 9.69. The summed E-state index contributed by atoms with van der Waals surface area (Å²) in [5.74, 6) is 0.178. The van der Waals surface area contributed by atoms with Gasteiger partial charge in [-0.25, -0.2) is 4.79 Å². The van der Waals surface area contributed by atoms with Crippen LogP contribution in [0.25, 0.3) is 10.9 Å². The number of benzene rings is 1. The maximum Gasteiger partial charge on any atom is 0.337 e. The number of hydrogen-bond acceptors (Lipinski definition) is 4. The molecular formula is C14H13N3O3. The lowest BCUT2D eigenvalue weighted by Gasteiger charge is -2.00. The van der Waals surface area contributed by atoms with Gasteiger partial charge in [-0.2, -0.15) is 4.98 Å². The van der Waals surface area contributed by atoms with Crippen molar-refractivity contribution >= 4 is 16.9 Å². The Balaban J connectivity index is 2.05. The lowest BCUT2D eigenvalue weighted by Crippen LogP contribution is -2.00. The van der Waals surface area contributed by atoms with Crippen molar-refractivity contribution in [1.29, 1.82) is 0 Å². The first-order valence-corrected chi connectivity index (χ1v) is 6.31. The van der Waals surface area contributed by atoms with Gasteiger partial charge in [-0.1, -0.05) is 30.3 Å². The number of carboxylic acid groups (broad SMARTS) is 1. The van der Waals surface area contributed by atoms with Crippen LogP contribution in [0.15, 0.2) is 35.0 Å². The Hall–Kier alpha value is -2.63. The molecule has 0 radical (unpaired) electrons. The minimum Gasteiger partial charge on any atom is -0.478 e. The second-order valence-electron chi connectivity index (χ2n) is 4.45. The van der Waals surface area contributed by atoms with Gasteiger partial charge in [0.05, 0.1) is 12.1 Å². The molecule has 0 aliphatic carbocycles. The largest absolute Gasteiger partial charge is 0.478 e. The Labute approximate surface area is 114 Å². The third kappa shape index (κ3) is 2.05. The third-order valence-electron chi connectivity index (χ3n) is 3.14. The minimum absolute atomic E-state index is 0.278. The Morgan fingerprint density at radius 1 is 1.40 bits per heavy atom. The van der Waals surface area contributed by atoms with Gasteiger partial charge < -0.3 is 14.2 Å². The monoisotopic (exact) mass is 271 g/mol. The molecule has 102 valence electrons. The molecule has 6 heteroatoms. The van der Waals surface area contributed by atoms with E-state index < -0.39 is 5.97 Å². The maximum atomic E-state index is 11.3. The van der Waals surface area contributed by atoms with E-state index in [1.54, 1.807) is 12.3 Å². The van der Waals surface area contributed by atoms with Crippen molar-refractivity contribution < 1.29 is 14.4 Å². The molecule has 0 saturated heterocycles. The summed E-state index contributed by atoms with van der Waals surface area (Å²) in [7, 11) is 0. The van der Waals surface area contributed by atoms with Gasteiger partial charge in [0.15, 0.2) is 5.82 Å². The number of aromatic nitrogens is 3. The highest BCUT2D eigenvalue weighted by Crippen LogP contribution is 2.22. The Kier molecular flexibility index (Phi) is 2.98. The Morgan fingerprint density at radius 2 is 2.20 bits per heavy atom. The zero-order valence-electron chi connectivity index (χ0n) is 10.9. The molecule has 0 bridgehead atoms. The Bertz CT molecular complexity index is 773. The van der Waals surface area contributed by atoms with Crippen LogP contribution in [-0.4, -0.2) is 25.8 Å². The lowest BCUT2D eigenvalue weighted by atomic mass is 10.2. The maximum absolute atomic E-state index is 11.3. The van der Waals surface area contributed by atoms with Gasteiger partial charge >= 0.3 is 5.97 Å². The predicted octanol–water partition coefficient (Wildman–Crippen LogP) is 2.33. The highest BCUT2D eigenvalue weighted by molar-refractivity contribution is 6.03. The van der Waals surface area contributed by atoms with E-state index in [1.807, 2.05) is 29.7 Å². The molecule has 0 spiro atoms. The molecule has 0 amide bonds. The number of fused-ring (bicyclic) bond motifs is 1. The average molecular weight is 271 g/mol. The summed E-state index contributed by atoms with van der Waals surface area (Å²) in [6, 6.07) is 7.37. The zero-order chi connectivity index (χ0) is 14.1. The van der Waals surface area contributed by atoms with Gasteiger partial charge in [0.1, 0.15) is 0 Å². The smallest absolute Gasteiger partial charge is 0.337 e. The van der Waals surface area contributed by atoms with Crippen LogP contribution in [0.1, 0.15) is 29.0 Å². The quantitative estimate of drug-likeness (QED) is 0.787. The van der Waals surface area contributed by atoms with Crippen molar-refractivity contribution in [2.75, 3.05) is 0 Å². The molecule has 0 aliphatic heterocycles. The molecule has 0 unspecified atom stereocenters. The molecule has 0 saturated carbocycles. The third-order valence-corrected chi connectivity index (χ3v) is 3.14. The second-order valence-corrected chi connectivity index (χ2v) is 4.45. The van der Waals surface area contributed by atoms with Crippen LogP contribution in [0.3, 0.4) is 0 Å². The van der Waals surface area contributed by atoms with E-state index in [2.05, 4.69) is 10.1 Å². The summed E-state index contributed by atoms with van der Waals surface area (Å²) in [6.07, 6.45) is 2.29. The molecule has 6 nitrogen and oxygen atoms in total. The predicted molar refractivity (Wildman–Crippen MR) is 71.7 cm³/mol. The van der Waals surface area contributed by atoms with E-state index >= 15 is 0 Å². The molecule has 20 heavy (non-hydrogen) atoms.